The number of amides is 1. The lowest BCUT2D eigenvalue weighted by atomic mass is 10.1. The Labute approximate surface area is 95.3 Å². The van der Waals surface area contributed by atoms with Crippen molar-refractivity contribution in [3.8, 4) is 0 Å². The minimum absolute atomic E-state index is 0.0594. The highest BCUT2D eigenvalue weighted by atomic mass is 32.2. The van der Waals surface area contributed by atoms with Crippen molar-refractivity contribution in [3.63, 3.8) is 0 Å². The van der Waals surface area contributed by atoms with Gasteiger partial charge in [0.2, 0.25) is 5.91 Å². The zero-order valence-corrected chi connectivity index (χ0v) is 10.0. The average molecular weight is 232 g/mol. The molecule has 1 unspecified atom stereocenters. The third kappa shape index (κ3) is 4.86. The number of carbonyl (C=O) groups excluding carboxylic acids is 1. The molecule has 1 heterocycles. The lowest BCUT2D eigenvalue weighted by Gasteiger charge is -2.23. The second kappa shape index (κ2) is 7.09. The maximum absolute atomic E-state index is 11.6. The van der Waals surface area contributed by atoms with Crippen molar-refractivity contribution in [2.45, 2.75) is 31.4 Å². The minimum Gasteiger partial charge on any atom is -0.380 e. The summed E-state index contributed by atoms with van der Waals surface area (Å²) in [7, 11) is 1.59. The molecule has 0 aromatic rings. The third-order valence-electron chi connectivity index (χ3n) is 2.60. The van der Waals surface area contributed by atoms with E-state index in [1.165, 1.54) is 0 Å². The molecule has 88 valence electrons. The van der Waals surface area contributed by atoms with Crippen LogP contribution in [0.4, 0.5) is 0 Å². The molecule has 0 aromatic carbocycles. The lowest BCUT2D eigenvalue weighted by molar-refractivity contribution is -0.124. The molecule has 0 spiro atoms. The molecule has 0 aromatic heterocycles. The van der Waals surface area contributed by atoms with Gasteiger partial charge in [0.25, 0.3) is 0 Å². The highest BCUT2D eigenvalue weighted by Crippen LogP contribution is 2.16. The quantitative estimate of drug-likeness (QED) is 0.718. The van der Waals surface area contributed by atoms with Crippen molar-refractivity contribution < 1.29 is 9.53 Å². The fourth-order valence-corrected chi connectivity index (χ4v) is 2.70. The molecule has 0 aliphatic carbocycles. The molecule has 15 heavy (non-hydrogen) atoms. The van der Waals surface area contributed by atoms with Gasteiger partial charge in [-0.2, -0.15) is 11.8 Å². The summed E-state index contributed by atoms with van der Waals surface area (Å²) in [4.78, 5) is 11.6. The summed E-state index contributed by atoms with van der Waals surface area (Å²) in [5.74, 6) is 2.36. The molecule has 4 nitrogen and oxygen atoms in total. The van der Waals surface area contributed by atoms with E-state index in [1.54, 1.807) is 7.11 Å². The Morgan fingerprint density at radius 3 is 2.80 bits per heavy atom. The first-order valence-corrected chi connectivity index (χ1v) is 6.51. The van der Waals surface area contributed by atoms with E-state index >= 15 is 0 Å². The Morgan fingerprint density at radius 2 is 2.27 bits per heavy atom. The monoisotopic (exact) mass is 232 g/mol. The Bertz CT molecular complexity index is 192. The summed E-state index contributed by atoms with van der Waals surface area (Å²) in [5, 5.41) is 3.03. The maximum atomic E-state index is 11.6. The number of hydrogen-bond acceptors (Lipinski definition) is 4. The van der Waals surface area contributed by atoms with Gasteiger partial charge in [0.1, 0.15) is 0 Å². The zero-order valence-electron chi connectivity index (χ0n) is 9.20. The summed E-state index contributed by atoms with van der Waals surface area (Å²) in [6.45, 7) is 0.393. The largest absolute Gasteiger partial charge is 0.380 e. The lowest BCUT2D eigenvalue weighted by Crippen LogP contribution is -2.40. The van der Waals surface area contributed by atoms with Gasteiger partial charge in [-0.3, -0.25) is 4.79 Å². The summed E-state index contributed by atoms with van der Waals surface area (Å²) in [6.07, 6.45) is 2.38. The van der Waals surface area contributed by atoms with Crippen LogP contribution in [-0.2, 0) is 9.53 Å². The van der Waals surface area contributed by atoms with E-state index in [2.05, 4.69) is 5.32 Å². The van der Waals surface area contributed by atoms with Crippen molar-refractivity contribution >= 4 is 17.7 Å². The highest BCUT2D eigenvalue weighted by Gasteiger charge is 2.18. The van der Waals surface area contributed by atoms with Crippen molar-refractivity contribution in [2.24, 2.45) is 5.73 Å². The number of nitrogens with two attached hydrogens (primary N) is 1. The van der Waals surface area contributed by atoms with Gasteiger partial charge in [0, 0.05) is 19.7 Å². The molecule has 1 rings (SSSR count). The fourth-order valence-electron chi connectivity index (χ4n) is 1.60. The van der Waals surface area contributed by atoms with Crippen LogP contribution in [0.5, 0.6) is 0 Å². The van der Waals surface area contributed by atoms with E-state index in [1.807, 2.05) is 11.8 Å². The van der Waals surface area contributed by atoms with Crippen molar-refractivity contribution in [1.29, 1.82) is 0 Å². The van der Waals surface area contributed by atoms with Crippen LogP contribution in [0.2, 0.25) is 0 Å². The molecule has 1 fully saturated rings. The Hall–Kier alpha value is -0.260. The first-order valence-electron chi connectivity index (χ1n) is 5.36. The Kier molecular flexibility index (Phi) is 6.05. The first-order chi connectivity index (χ1) is 7.26. The molecule has 1 saturated heterocycles. The highest BCUT2D eigenvalue weighted by molar-refractivity contribution is 7.99. The molecule has 1 atom stereocenters. The zero-order chi connectivity index (χ0) is 11.1. The SMILES string of the molecule is COC(CN)CC(=O)NC1CCSCC1. The molecule has 0 saturated carbocycles. The number of carbonyl (C=O) groups is 1. The van der Waals surface area contributed by atoms with Crippen molar-refractivity contribution in [1.82, 2.24) is 5.32 Å². The summed E-state index contributed by atoms with van der Waals surface area (Å²) in [6, 6.07) is 0.356. The molecule has 0 bridgehead atoms. The van der Waals surface area contributed by atoms with E-state index in [-0.39, 0.29) is 12.0 Å². The van der Waals surface area contributed by atoms with E-state index in [0.29, 0.717) is 19.0 Å². The topological polar surface area (TPSA) is 64.3 Å². The summed E-state index contributed by atoms with van der Waals surface area (Å²) in [5.41, 5.74) is 5.46. The van der Waals surface area contributed by atoms with Crippen LogP contribution >= 0.6 is 11.8 Å². The van der Waals surface area contributed by atoms with Gasteiger partial charge in [-0.05, 0) is 24.3 Å². The predicted octanol–water partition coefficient (Wildman–Crippen LogP) is 0.362. The van der Waals surface area contributed by atoms with Gasteiger partial charge in [0.15, 0.2) is 0 Å². The molecule has 1 aliphatic rings. The molecular weight excluding hydrogens is 212 g/mol. The molecule has 3 N–H and O–H groups in total. The molecule has 1 aliphatic heterocycles. The number of hydrogen-bond donors (Lipinski definition) is 2. The summed E-state index contributed by atoms with van der Waals surface area (Å²) < 4.78 is 5.07. The van der Waals surface area contributed by atoms with E-state index in [9.17, 15) is 4.79 Å². The van der Waals surface area contributed by atoms with Gasteiger partial charge >= 0.3 is 0 Å². The molecule has 0 radical (unpaired) electrons. The first kappa shape index (κ1) is 12.8. The van der Waals surface area contributed by atoms with Crippen molar-refractivity contribution in [2.75, 3.05) is 25.2 Å². The fraction of sp³-hybridized carbons (Fsp3) is 0.900. The van der Waals surface area contributed by atoms with Crippen LogP contribution in [0.3, 0.4) is 0 Å². The van der Waals surface area contributed by atoms with Gasteiger partial charge < -0.3 is 15.8 Å². The van der Waals surface area contributed by atoms with E-state index in [4.69, 9.17) is 10.5 Å². The number of methoxy groups -OCH3 is 1. The van der Waals surface area contributed by atoms with Gasteiger partial charge in [-0.25, -0.2) is 0 Å². The maximum Gasteiger partial charge on any atom is 0.222 e. The molecular formula is C10H20N2O2S. The number of nitrogens with one attached hydrogen (secondary N) is 1. The number of ether oxygens (including phenoxy) is 1. The van der Waals surface area contributed by atoms with E-state index in [0.717, 1.165) is 24.3 Å². The predicted molar refractivity (Wildman–Crippen MR) is 63.0 cm³/mol. The second-order valence-electron chi connectivity index (χ2n) is 3.75. The van der Waals surface area contributed by atoms with Crippen LogP contribution in [0.1, 0.15) is 19.3 Å². The smallest absolute Gasteiger partial charge is 0.222 e. The van der Waals surface area contributed by atoms with Crippen LogP contribution < -0.4 is 11.1 Å². The third-order valence-corrected chi connectivity index (χ3v) is 3.64. The summed E-state index contributed by atoms with van der Waals surface area (Å²) >= 11 is 1.95. The Morgan fingerprint density at radius 1 is 1.60 bits per heavy atom. The standard InChI is InChI=1S/C10H20N2O2S/c1-14-9(7-11)6-10(13)12-8-2-4-15-5-3-8/h8-9H,2-7,11H2,1H3,(H,12,13). The minimum atomic E-state index is -0.150. The molecule has 1 amide bonds. The normalized spacial score (nSPS) is 19.9. The Balaban J connectivity index is 2.21. The van der Waals surface area contributed by atoms with Gasteiger partial charge in [-0.15, -0.1) is 0 Å². The van der Waals surface area contributed by atoms with Crippen molar-refractivity contribution in [3.05, 3.63) is 0 Å². The average Bonchev–Trinajstić information content (AvgIpc) is 2.27. The van der Waals surface area contributed by atoms with Crippen LogP contribution in [-0.4, -0.2) is 43.2 Å². The van der Waals surface area contributed by atoms with Crippen LogP contribution in [0.15, 0.2) is 0 Å². The van der Waals surface area contributed by atoms with Crippen LogP contribution in [0, 0.1) is 0 Å². The number of thioether (sulfide) groups is 1. The second-order valence-corrected chi connectivity index (χ2v) is 4.98. The van der Waals surface area contributed by atoms with Crippen LogP contribution in [0.25, 0.3) is 0 Å². The number of rotatable bonds is 5. The van der Waals surface area contributed by atoms with Gasteiger partial charge in [-0.1, -0.05) is 0 Å². The molecule has 5 heteroatoms. The van der Waals surface area contributed by atoms with Gasteiger partial charge in [0.05, 0.1) is 12.5 Å². The van der Waals surface area contributed by atoms with E-state index < -0.39 is 0 Å².